The minimum absolute atomic E-state index is 0.0829. The lowest BCUT2D eigenvalue weighted by molar-refractivity contribution is -0.157. The topological polar surface area (TPSA) is 57.0 Å². The molecule has 1 aromatic heterocycles. The second-order valence-corrected chi connectivity index (χ2v) is 7.01. The first-order valence-electron chi connectivity index (χ1n) is 7.47. The van der Waals surface area contributed by atoms with Gasteiger partial charge in [0.05, 0.1) is 19.2 Å². The highest BCUT2D eigenvalue weighted by Gasteiger charge is 2.62. The molecule has 0 amide bonds. The molecule has 110 valence electrons. The zero-order valence-electron chi connectivity index (χ0n) is 12.5. The van der Waals surface area contributed by atoms with Gasteiger partial charge in [0, 0.05) is 11.6 Å². The van der Waals surface area contributed by atoms with Crippen LogP contribution in [-0.2, 0) is 16.1 Å². The Labute approximate surface area is 119 Å². The number of rotatable bonds is 4. The van der Waals surface area contributed by atoms with Crippen molar-refractivity contribution in [2.45, 2.75) is 59.1 Å². The maximum Gasteiger partial charge on any atom is 0.307 e. The number of esters is 1. The smallest absolute Gasteiger partial charge is 0.307 e. The summed E-state index contributed by atoms with van der Waals surface area (Å²) in [5, 5.41) is 7.58. The average molecular weight is 277 g/mol. The quantitative estimate of drug-likeness (QED) is 0.793. The van der Waals surface area contributed by atoms with Gasteiger partial charge in [0.25, 0.3) is 0 Å². The van der Waals surface area contributed by atoms with Crippen LogP contribution < -0.4 is 0 Å². The highest BCUT2D eigenvalue weighted by Crippen LogP contribution is 2.66. The van der Waals surface area contributed by atoms with Gasteiger partial charge in [0.1, 0.15) is 6.10 Å². The van der Waals surface area contributed by atoms with Crippen LogP contribution >= 0.6 is 0 Å². The number of carbonyl (C=O) groups is 1. The van der Waals surface area contributed by atoms with Crippen molar-refractivity contribution in [2.75, 3.05) is 0 Å². The maximum atomic E-state index is 12.0. The molecule has 0 aromatic carbocycles. The van der Waals surface area contributed by atoms with Gasteiger partial charge < -0.3 is 4.74 Å². The number of fused-ring (bicyclic) bond motifs is 2. The summed E-state index contributed by atoms with van der Waals surface area (Å²) >= 11 is 0. The number of aromatic nitrogens is 3. The Bertz CT molecular complexity index is 497. The van der Waals surface area contributed by atoms with E-state index in [1.807, 2.05) is 0 Å². The fraction of sp³-hybridized carbons (Fsp3) is 0.800. The zero-order valence-corrected chi connectivity index (χ0v) is 12.5. The lowest BCUT2D eigenvalue weighted by Gasteiger charge is -2.38. The van der Waals surface area contributed by atoms with E-state index >= 15 is 0 Å². The van der Waals surface area contributed by atoms with Crippen molar-refractivity contribution in [1.29, 1.82) is 0 Å². The molecule has 5 heteroatoms. The Hall–Kier alpha value is -1.39. The lowest BCUT2D eigenvalue weighted by atomic mass is 9.70. The van der Waals surface area contributed by atoms with Crippen LogP contribution in [0, 0.1) is 16.7 Å². The van der Waals surface area contributed by atoms with E-state index in [9.17, 15) is 4.79 Å². The number of ether oxygens (including phenoxy) is 1. The number of hydrogen-bond acceptors (Lipinski definition) is 4. The first-order chi connectivity index (χ1) is 9.43. The van der Waals surface area contributed by atoms with Gasteiger partial charge in [-0.2, -0.15) is 0 Å². The Morgan fingerprint density at radius 1 is 1.45 bits per heavy atom. The Balaban J connectivity index is 1.58. The van der Waals surface area contributed by atoms with Gasteiger partial charge in [-0.05, 0) is 30.6 Å². The van der Waals surface area contributed by atoms with E-state index in [-0.39, 0.29) is 22.9 Å². The molecule has 0 N–H and O–H groups in total. The third-order valence-electron chi connectivity index (χ3n) is 6.00. The number of carbonyl (C=O) groups excluding carboxylic acids is 1. The third kappa shape index (κ3) is 1.95. The van der Waals surface area contributed by atoms with Crippen LogP contribution in [0.4, 0.5) is 0 Å². The minimum Gasteiger partial charge on any atom is -0.462 e. The molecule has 5 nitrogen and oxygen atoms in total. The molecule has 3 atom stereocenters. The van der Waals surface area contributed by atoms with Crippen molar-refractivity contribution >= 4 is 5.97 Å². The Morgan fingerprint density at radius 3 is 2.80 bits per heavy atom. The molecule has 0 spiro atoms. The maximum absolute atomic E-state index is 12.0. The molecule has 2 bridgehead atoms. The van der Waals surface area contributed by atoms with Crippen LogP contribution in [0.5, 0.6) is 0 Å². The first kappa shape index (κ1) is 13.6. The molecule has 0 radical (unpaired) electrons. The molecule has 2 saturated carbocycles. The van der Waals surface area contributed by atoms with Gasteiger partial charge in [-0.1, -0.05) is 26.0 Å². The monoisotopic (exact) mass is 277 g/mol. The normalized spacial score (nSPS) is 34.4. The van der Waals surface area contributed by atoms with E-state index in [0.717, 1.165) is 6.42 Å². The molecule has 3 rings (SSSR count). The van der Waals surface area contributed by atoms with Crippen LogP contribution in [0.2, 0.25) is 0 Å². The van der Waals surface area contributed by atoms with Gasteiger partial charge in [-0.3, -0.25) is 9.48 Å². The summed E-state index contributed by atoms with van der Waals surface area (Å²) in [4.78, 5) is 12.0. The van der Waals surface area contributed by atoms with E-state index < -0.39 is 0 Å². The lowest BCUT2D eigenvalue weighted by Crippen LogP contribution is -2.38. The van der Waals surface area contributed by atoms with E-state index in [1.165, 1.54) is 12.8 Å². The van der Waals surface area contributed by atoms with Crippen LogP contribution in [0.15, 0.2) is 12.4 Å². The SMILES string of the molecule is CC1(C)C2CCC1(C)C(OC(=O)CCn1ccnn1)C2. The van der Waals surface area contributed by atoms with Gasteiger partial charge in [-0.25, -0.2) is 0 Å². The second kappa shape index (κ2) is 4.57. The van der Waals surface area contributed by atoms with E-state index in [4.69, 9.17) is 4.74 Å². The second-order valence-electron chi connectivity index (χ2n) is 7.01. The molecule has 0 aliphatic heterocycles. The van der Waals surface area contributed by atoms with Crippen molar-refractivity contribution in [3.8, 4) is 0 Å². The van der Waals surface area contributed by atoms with Gasteiger partial charge in [0.15, 0.2) is 0 Å². The molecule has 1 aromatic rings. The average Bonchev–Trinajstić information content (AvgIpc) is 3.02. The summed E-state index contributed by atoms with van der Waals surface area (Å²) in [7, 11) is 0. The molecule has 20 heavy (non-hydrogen) atoms. The molecule has 2 aliphatic carbocycles. The molecular weight excluding hydrogens is 254 g/mol. The van der Waals surface area contributed by atoms with E-state index in [1.54, 1.807) is 17.1 Å². The Morgan fingerprint density at radius 2 is 2.25 bits per heavy atom. The third-order valence-corrected chi connectivity index (χ3v) is 6.00. The highest BCUT2D eigenvalue weighted by atomic mass is 16.5. The van der Waals surface area contributed by atoms with Crippen LogP contribution in [0.25, 0.3) is 0 Å². The standard InChI is InChI=1S/C15H23N3O2/c1-14(2)11-4-6-15(14,3)12(10-11)20-13(19)5-8-18-9-7-16-17-18/h7,9,11-12H,4-6,8,10H2,1-3H3. The van der Waals surface area contributed by atoms with Crippen LogP contribution in [-0.4, -0.2) is 27.1 Å². The van der Waals surface area contributed by atoms with Gasteiger partial charge in [0.2, 0.25) is 0 Å². The molecule has 3 unspecified atom stereocenters. The number of nitrogens with zero attached hydrogens (tertiary/aromatic N) is 3. The molecule has 2 aliphatic rings. The van der Waals surface area contributed by atoms with Gasteiger partial charge >= 0.3 is 5.97 Å². The predicted molar refractivity (Wildman–Crippen MR) is 73.7 cm³/mol. The van der Waals surface area contributed by atoms with Crippen molar-refractivity contribution in [3.05, 3.63) is 12.4 Å². The summed E-state index contributed by atoms with van der Waals surface area (Å²) in [5.41, 5.74) is 0.421. The zero-order chi connectivity index (χ0) is 14.4. The predicted octanol–water partition coefficient (Wildman–Crippen LogP) is 2.43. The van der Waals surface area contributed by atoms with Crippen molar-refractivity contribution in [2.24, 2.45) is 16.7 Å². The minimum atomic E-state index is -0.116. The van der Waals surface area contributed by atoms with Crippen molar-refractivity contribution in [1.82, 2.24) is 15.0 Å². The largest absolute Gasteiger partial charge is 0.462 e. The molecule has 2 fully saturated rings. The number of aryl methyl sites for hydroxylation is 1. The molecule has 0 saturated heterocycles. The highest BCUT2D eigenvalue weighted by molar-refractivity contribution is 5.69. The summed E-state index contributed by atoms with van der Waals surface area (Å²) < 4.78 is 7.44. The van der Waals surface area contributed by atoms with Crippen LogP contribution in [0.1, 0.15) is 46.5 Å². The molecule has 1 heterocycles. The van der Waals surface area contributed by atoms with E-state index in [0.29, 0.717) is 18.9 Å². The van der Waals surface area contributed by atoms with Crippen LogP contribution in [0.3, 0.4) is 0 Å². The Kier molecular flexibility index (Phi) is 3.10. The molecular formula is C15H23N3O2. The fourth-order valence-electron chi connectivity index (χ4n) is 4.08. The van der Waals surface area contributed by atoms with E-state index in [2.05, 4.69) is 31.1 Å². The first-order valence-corrected chi connectivity index (χ1v) is 7.47. The van der Waals surface area contributed by atoms with Crippen molar-refractivity contribution < 1.29 is 9.53 Å². The van der Waals surface area contributed by atoms with Crippen molar-refractivity contribution in [3.63, 3.8) is 0 Å². The summed E-state index contributed by atoms with van der Waals surface area (Å²) in [6.45, 7) is 7.48. The summed E-state index contributed by atoms with van der Waals surface area (Å²) in [6, 6.07) is 0. The summed E-state index contributed by atoms with van der Waals surface area (Å²) in [5.74, 6) is 0.579. The number of hydrogen-bond donors (Lipinski definition) is 0. The fourth-order valence-corrected chi connectivity index (χ4v) is 4.08. The van der Waals surface area contributed by atoms with Gasteiger partial charge in [-0.15, -0.1) is 5.10 Å². The summed E-state index contributed by atoms with van der Waals surface area (Å²) in [6.07, 6.45) is 7.29.